The SMILES string of the molecule is CCNCC1CCCOC1c1cccc2ccccc12. The molecular formula is C18H23NO. The summed E-state index contributed by atoms with van der Waals surface area (Å²) in [5, 5.41) is 6.13. The van der Waals surface area contributed by atoms with Crippen LogP contribution in [0.5, 0.6) is 0 Å². The molecule has 2 unspecified atom stereocenters. The van der Waals surface area contributed by atoms with Crippen molar-refractivity contribution in [2.75, 3.05) is 19.7 Å². The highest BCUT2D eigenvalue weighted by atomic mass is 16.5. The van der Waals surface area contributed by atoms with Gasteiger partial charge in [-0.05, 0) is 35.7 Å². The third kappa shape index (κ3) is 2.72. The van der Waals surface area contributed by atoms with Crippen molar-refractivity contribution >= 4 is 10.8 Å². The van der Waals surface area contributed by atoms with Crippen molar-refractivity contribution in [3.05, 3.63) is 48.0 Å². The lowest BCUT2D eigenvalue weighted by atomic mass is 9.87. The molecule has 1 fully saturated rings. The van der Waals surface area contributed by atoms with Crippen LogP contribution in [0.4, 0.5) is 0 Å². The van der Waals surface area contributed by atoms with Crippen molar-refractivity contribution in [1.29, 1.82) is 0 Å². The van der Waals surface area contributed by atoms with Gasteiger partial charge in [-0.1, -0.05) is 49.4 Å². The lowest BCUT2D eigenvalue weighted by Crippen LogP contribution is -2.31. The molecule has 2 aromatic carbocycles. The summed E-state index contributed by atoms with van der Waals surface area (Å²) in [5.41, 5.74) is 1.35. The first-order valence-electron chi connectivity index (χ1n) is 7.70. The maximum atomic E-state index is 6.14. The van der Waals surface area contributed by atoms with E-state index in [0.29, 0.717) is 5.92 Å². The molecule has 1 saturated heterocycles. The maximum Gasteiger partial charge on any atom is 0.0871 e. The lowest BCUT2D eigenvalue weighted by molar-refractivity contribution is -0.0267. The molecule has 106 valence electrons. The maximum absolute atomic E-state index is 6.14. The first kappa shape index (κ1) is 13.6. The van der Waals surface area contributed by atoms with E-state index in [4.69, 9.17) is 4.74 Å². The molecule has 0 aromatic heterocycles. The van der Waals surface area contributed by atoms with Gasteiger partial charge in [0.05, 0.1) is 6.10 Å². The number of benzene rings is 2. The highest BCUT2D eigenvalue weighted by Crippen LogP contribution is 2.36. The van der Waals surface area contributed by atoms with Gasteiger partial charge < -0.3 is 10.1 Å². The van der Waals surface area contributed by atoms with Gasteiger partial charge in [0.25, 0.3) is 0 Å². The Morgan fingerprint density at radius 3 is 2.90 bits per heavy atom. The molecule has 0 spiro atoms. The molecule has 2 aromatic rings. The van der Waals surface area contributed by atoms with E-state index < -0.39 is 0 Å². The smallest absolute Gasteiger partial charge is 0.0871 e. The minimum absolute atomic E-state index is 0.230. The Labute approximate surface area is 121 Å². The van der Waals surface area contributed by atoms with Crippen LogP contribution in [0.3, 0.4) is 0 Å². The summed E-state index contributed by atoms with van der Waals surface area (Å²) >= 11 is 0. The predicted octanol–water partition coefficient (Wildman–Crippen LogP) is 3.92. The van der Waals surface area contributed by atoms with Crippen molar-refractivity contribution in [3.8, 4) is 0 Å². The average molecular weight is 269 g/mol. The number of hydrogen-bond acceptors (Lipinski definition) is 2. The first-order valence-corrected chi connectivity index (χ1v) is 7.70. The van der Waals surface area contributed by atoms with Crippen molar-refractivity contribution in [3.63, 3.8) is 0 Å². The van der Waals surface area contributed by atoms with Crippen LogP contribution < -0.4 is 5.32 Å². The van der Waals surface area contributed by atoms with Gasteiger partial charge in [0, 0.05) is 19.1 Å². The summed E-state index contributed by atoms with van der Waals surface area (Å²) in [6.45, 7) is 5.12. The molecule has 1 aliphatic rings. The zero-order valence-electron chi connectivity index (χ0n) is 12.1. The summed E-state index contributed by atoms with van der Waals surface area (Å²) in [5.74, 6) is 0.578. The van der Waals surface area contributed by atoms with Gasteiger partial charge >= 0.3 is 0 Å². The normalized spacial score (nSPS) is 23.1. The second kappa shape index (κ2) is 6.38. The predicted molar refractivity (Wildman–Crippen MR) is 83.9 cm³/mol. The molecule has 0 saturated carbocycles. The van der Waals surface area contributed by atoms with E-state index in [9.17, 15) is 0 Å². The van der Waals surface area contributed by atoms with E-state index in [1.54, 1.807) is 0 Å². The van der Waals surface area contributed by atoms with E-state index in [2.05, 4.69) is 54.7 Å². The Kier molecular flexibility index (Phi) is 4.34. The lowest BCUT2D eigenvalue weighted by Gasteiger charge is -2.33. The van der Waals surface area contributed by atoms with Crippen molar-refractivity contribution in [1.82, 2.24) is 5.32 Å². The quantitative estimate of drug-likeness (QED) is 0.908. The molecule has 0 amide bonds. The highest BCUT2D eigenvalue weighted by molar-refractivity contribution is 5.86. The van der Waals surface area contributed by atoms with Gasteiger partial charge in [-0.2, -0.15) is 0 Å². The monoisotopic (exact) mass is 269 g/mol. The highest BCUT2D eigenvalue weighted by Gasteiger charge is 2.28. The number of nitrogens with one attached hydrogen (secondary N) is 1. The van der Waals surface area contributed by atoms with Crippen LogP contribution >= 0.6 is 0 Å². The van der Waals surface area contributed by atoms with E-state index in [-0.39, 0.29) is 6.10 Å². The summed E-state index contributed by atoms with van der Waals surface area (Å²) < 4.78 is 6.14. The van der Waals surface area contributed by atoms with Crippen LogP contribution in [0.25, 0.3) is 10.8 Å². The van der Waals surface area contributed by atoms with Crippen LogP contribution in [-0.4, -0.2) is 19.7 Å². The minimum Gasteiger partial charge on any atom is -0.373 e. The fraction of sp³-hybridized carbons (Fsp3) is 0.444. The largest absolute Gasteiger partial charge is 0.373 e. The molecule has 0 radical (unpaired) electrons. The Balaban J connectivity index is 1.95. The van der Waals surface area contributed by atoms with Crippen molar-refractivity contribution < 1.29 is 4.74 Å². The van der Waals surface area contributed by atoms with E-state index in [1.165, 1.54) is 29.2 Å². The van der Waals surface area contributed by atoms with Crippen LogP contribution in [-0.2, 0) is 4.74 Å². The molecule has 1 aliphatic heterocycles. The summed E-state index contributed by atoms with van der Waals surface area (Å²) in [7, 11) is 0. The van der Waals surface area contributed by atoms with Gasteiger partial charge in [0.2, 0.25) is 0 Å². The molecule has 2 heteroatoms. The summed E-state index contributed by atoms with van der Waals surface area (Å²) in [6, 6.07) is 15.2. The molecule has 2 atom stereocenters. The molecule has 1 N–H and O–H groups in total. The zero-order valence-corrected chi connectivity index (χ0v) is 12.1. The minimum atomic E-state index is 0.230. The van der Waals surface area contributed by atoms with E-state index in [0.717, 1.165) is 19.7 Å². The number of rotatable bonds is 4. The average Bonchev–Trinajstić information content (AvgIpc) is 2.53. The van der Waals surface area contributed by atoms with Gasteiger partial charge in [-0.3, -0.25) is 0 Å². The Morgan fingerprint density at radius 1 is 1.15 bits per heavy atom. The second-order valence-electron chi connectivity index (χ2n) is 5.57. The van der Waals surface area contributed by atoms with Crippen LogP contribution in [0, 0.1) is 5.92 Å². The van der Waals surface area contributed by atoms with Crippen molar-refractivity contribution in [2.24, 2.45) is 5.92 Å². The van der Waals surface area contributed by atoms with Crippen LogP contribution in [0.1, 0.15) is 31.4 Å². The first-order chi connectivity index (χ1) is 9.90. The Bertz CT molecular complexity index is 561. The fourth-order valence-corrected chi connectivity index (χ4v) is 3.22. The second-order valence-corrected chi connectivity index (χ2v) is 5.57. The molecule has 1 heterocycles. The Hall–Kier alpha value is -1.38. The molecule has 0 bridgehead atoms. The van der Waals surface area contributed by atoms with E-state index in [1.807, 2.05) is 0 Å². The fourth-order valence-electron chi connectivity index (χ4n) is 3.22. The molecule has 3 rings (SSSR count). The van der Waals surface area contributed by atoms with Crippen LogP contribution in [0.15, 0.2) is 42.5 Å². The summed E-state index contributed by atoms with van der Waals surface area (Å²) in [6.07, 6.45) is 2.66. The van der Waals surface area contributed by atoms with Crippen LogP contribution in [0.2, 0.25) is 0 Å². The summed E-state index contributed by atoms with van der Waals surface area (Å²) in [4.78, 5) is 0. The zero-order chi connectivity index (χ0) is 13.8. The Morgan fingerprint density at radius 2 is 2.00 bits per heavy atom. The number of hydrogen-bond donors (Lipinski definition) is 1. The standard InChI is InChI=1S/C18H23NO/c1-2-19-13-15-9-6-12-20-18(15)17-11-5-8-14-7-3-4-10-16(14)17/h3-5,7-8,10-11,15,18-19H,2,6,9,12-13H2,1H3. The van der Waals surface area contributed by atoms with Gasteiger partial charge in [0.1, 0.15) is 0 Å². The van der Waals surface area contributed by atoms with Crippen molar-refractivity contribution in [2.45, 2.75) is 25.9 Å². The molecular weight excluding hydrogens is 246 g/mol. The molecule has 0 aliphatic carbocycles. The van der Waals surface area contributed by atoms with Gasteiger partial charge in [-0.15, -0.1) is 0 Å². The molecule has 20 heavy (non-hydrogen) atoms. The number of fused-ring (bicyclic) bond motifs is 1. The number of ether oxygens (including phenoxy) is 1. The van der Waals surface area contributed by atoms with Gasteiger partial charge in [0.15, 0.2) is 0 Å². The van der Waals surface area contributed by atoms with Gasteiger partial charge in [-0.25, -0.2) is 0 Å². The van der Waals surface area contributed by atoms with E-state index >= 15 is 0 Å². The third-order valence-electron chi connectivity index (χ3n) is 4.23. The topological polar surface area (TPSA) is 21.3 Å². The molecule has 2 nitrogen and oxygen atoms in total. The third-order valence-corrected chi connectivity index (χ3v) is 4.23.